The lowest BCUT2D eigenvalue weighted by Crippen LogP contribution is -2.14. The molecule has 1 heterocycles. The van der Waals surface area contributed by atoms with Crippen molar-refractivity contribution in [3.8, 4) is 11.4 Å². The van der Waals surface area contributed by atoms with E-state index in [4.69, 9.17) is 0 Å². The molecule has 1 amide bonds. The van der Waals surface area contributed by atoms with Gasteiger partial charge in [0.25, 0.3) is 0 Å². The van der Waals surface area contributed by atoms with Crippen molar-refractivity contribution in [1.29, 1.82) is 0 Å². The summed E-state index contributed by atoms with van der Waals surface area (Å²) < 4.78 is 2.06. The smallest absolute Gasteiger partial charge is 0.234 e. The van der Waals surface area contributed by atoms with Gasteiger partial charge in [0.2, 0.25) is 5.91 Å². The zero-order chi connectivity index (χ0) is 19.5. The number of para-hydroxylation sites is 1. The number of carbonyl (C=O) groups is 1. The Bertz CT molecular complexity index is 1030. The van der Waals surface area contributed by atoms with Crippen molar-refractivity contribution < 1.29 is 4.79 Å². The lowest BCUT2D eigenvalue weighted by atomic mass is 9.99. The zero-order valence-corrected chi connectivity index (χ0v) is 16.7. The van der Waals surface area contributed by atoms with Crippen LogP contribution in [0, 0.1) is 0 Å². The predicted octanol–water partition coefficient (Wildman–Crippen LogP) is 4.83. The molecule has 4 rings (SSSR count). The van der Waals surface area contributed by atoms with Crippen molar-refractivity contribution in [2.45, 2.75) is 31.5 Å². The molecule has 1 unspecified atom stereocenters. The first-order valence-electron chi connectivity index (χ1n) is 9.39. The summed E-state index contributed by atoms with van der Waals surface area (Å²) in [5, 5.41) is 12.4. The highest BCUT2D eigenvalue weighted by atomic mass is 32.2. The molecular weight excluding hydrogens is 368 g/mol. The normalized spacial score (nSPS) is 14.9. The Balaban J connectivity index is 1.49. The number of aromatic nitrogens is 3. The van der Waals surface area contributed by atoms with E-state index in [2.05, 4.69) is 64.3 Å². The third kappa shape index (κ3) is 3.73. The Hall–Kier alpha value is -2.86. The van der Waals surface area contributed by atoms with Crippen LogP contribution in [-0.4, -0.2) is 26.4 Å². The number of thioether (sulfide) groups is 1. The van der Waals surface area contributed by atoms with Gasteiger partial charge in [-0.15, -0.1) is 10.2 Å². The number of nitrogens with one attached hydrogen (secondary N) is 1. The fourth-order valence-electron chi connectivity index (χ4n) is 3.35. The average Bonchev–Trinajstić information content (AvgIpc) is 3.30. The van der Waals surface area contributed by atoms with Gasteiger partial charge in [0.05, 0.1) is 5.75 Å². The molecule has 1 aliphatic rings. The summed E-state index contributed by atoms with van der Waals surface area (Å²) in [4.78, 5) is 12.2. The van der Waals surface area contributed by atoms with Gasteiger partial charge in [-0.1, -0.05) is 61.2 Å². The Labute approximate surface area is 168 Å². The number of hydrogen-bond acceptors (Lipinski definition) is 4. The molecular formula is C22H22N4OS. The van der Waals surface area contributed by atoms with Gasteiger partial charge in [-0.3, -0.25) is 4.79 Å². The minimum atomic E-state index is -0.0548. The van der Waals surface area contributed by atoms with E-state index in [0.717, 1.165) is 28.8 Å². The lowest BCUT2D eigenvalue weighted by molar-refractivity contribution is -0.113. The summed E-state index contributed by atoms with van der Waals surface area (Å²) in [6.07, 6.45) is 4.38. The summed E-state index contributed by atoms with van der Waals surface area (Å²) >= 11 is 1.41. The van der Waals surface area contributed by atoms with E-state index in [1.807, 2.05) is 30.3 Å². The minimum Gasteiger partial charge on any atom is -0.325 e. The maximum Gasteiger partial charge on any atom is 0.234 e. The second kappa shape index (κ2) is 8.02. The number of rotatable bonds is 6. The van der Waals surface area contributed by atoms with E-state index in [0.29, 0.717) is 5.92 Å². The van der Waals surface area contributed by atoms with Gasteiger partial charge in [0, 0.05) is 17.8 Å². The number of nitrogens with zero attached hydrogens (tertiary/aromatic N) is 3. The molecule has 0 fully saturated rings. The standard InChI is InChI=1S/C22H22N4OS/c1-3-26-21(17-12-11-16-10-9-15(2)19(16)13-17)24-25-22(26)28-14-20(27)23-18-7-5-4-6-8-18/h4-13,15H,3,14H2,1-2H3,(H,23,27). The molecule has 0 spiro atoms. The number of allylic oxidation sites excluding steroid dienone is 1. The summed E-state index contributed by atoms with van der Waals surface area (Å²) in [5.74, 6) is 1.50. The highest BCUT2D eigenvalue weighted by molar-refractivity contribution is 7.99. The number of carbonyl (C=O) groups excluding carboxylic acids is 1. The number of hydrogen-bond donors (Lipinski definition) is 1. The SMILES string of the molecule is CCn1c(SCC(=O)Nc2ccccc2)nnc1-c1ccc2c(c1)C(C)C=C2. The summed E-state index contributed by atoms with van der Waals surface area (Å²) in [5.41, 5.74) is 4.45. The van der Waals surface area contributed by atoms with Crippen molar-refractivity contribution in [3.05, 3.63) is 65.7 Å². The Morgan fingerprint density at radius 3 is 2.79 bits per heavy atom. The molecule has 1 N–H and O–H groups in total. The second-order valence-corrected chi connectivity index (χ2v) is 7.69. The molecule has 1 atom stereocenters. The average molecular weight is 391 g/mol. The van der Waals surface area contributed by atoms with Gasteiger partial charge >= 0.3 is 0 Å². The fourth-order valence-corrected chi connectivity index (χ4v) is 4.16. The summed E-state index contributed by atoms with van der Waals surface area (Å²) in [7, 11) is 0. The molecule has 0 bridgehead atoms. The molecule has 28 heavy (non-hydrogen) atoms. The number of fused-ring (bicyclic) bond motifs is 1. The fraction of sp³-hybridized carbons (Fsp3) is 0.227. The topological polar surface area (TPSA) is 59.8 Å². The maximum absolute atomic E-state index is 12.2. The maximum atomic E-state index is 12.2. The molecule has 5 nitrogen and oxygen atoms in total. The van der Waals surface area contributed by atoms with Gasteiger partial charge in [-0.2, -0.15) is 0 Å². The van der Waals surface area contributed by atoms with Crippen LogP contribution in [0.15, 0.2) is 59.8 Å². The summed E-state index contributed by atoms with van der Waals surface area (Å²) in [6.45, 7) is 5.01. The van der Waals surface area contributed by atoms with Crippen LogP contribution >= 0.6 is 11.8 Å². The Kier molecular flexibility index (Phi) is 5.30. The van der Waals surface area contributed by atoms with Crippen molar-refractivity contribution in [1.82, 2.24) is 14.8 Å². The van der Waals surface area contributed by atoms with Gasteiger partial charge in [0.1, 0.15) is 0 Å². The molecule has 1 aliphatic carbocycles. The summed E-state index contributed by atoms with van der Waals surface area (Å²) in [6, 6.07) is 15.9. The molecule has 0 saturated carbocycles. The first-order valence-corrected chi connectivity index (χ1v) is 10.4. The van der Waals surface area contributed by atoms with E-state index in [-0.39, 0.29) is 11.7 Å². The molecule has 0 saturated heterocycles. The van der Waals surface area contributed by atoms with Gasteiger partial charge in [-0.25, -0.2) is 0 Å². The Morgan fingerprint density at radius 1 is 1.18 bits per heavy atom. The van der Waals surface area contributed by atoms with Gasteiger partial charge < -0.3 is 9.88 Å². The van der Waals surface area contributed by atoms with Crippen LogP contribution in [0.4, 0.5) is 5.69 Å². The predicted molar refractivity (Wildman–Crippen MR) is 114 cm³/mol. The molecule has 2 aromatic carbocycles. The van der Waals surface area contributed by atoms with Crippen molar-refractivity contribution >= 4 is 29.4 Å². The van der Waals surface area contributed by atoms with E-state index in [9.17, 15) is 4.79 Å². The minimum absolute atomic E-state index is 0.0548. The molecule has 1 aromatic heterocycles. The number of anilines is 1. The first kappa shape index (κ1) is 18.5. The van der Waals surface area contributed by atoms with Crippen LogP contribution in [0.3, 0.4) is 0 Å². The molecule has 0 radical (unpaired) electrons. The zero-order valence-electron chi connectivity index (χ0n) is 15.9. The highest BCUT2D eigenvalue weighted by Gasteiger charge is 2.18. The Morgan fingerprint density at radius 2 is 2.00 bits per heavy atom. The van der Waals surface area contributed by atoms with E-state index < -0.39 is 0 Å². The van der Waals surface area contributed by atoms with Crippen LogP contribution in [0.5, 0.6) is 0 Å². The second-order valence-electron chi connectivity index (χ2n) is 6.74. The van der Waals surface area contributed by atoms with Crippen molar-refractivity contribution in [3.63, 3.8) is 0 Å². The van der Waals surface area contributed by atoms with E-state index in [1.165, 1.54) is 22.9 Å². The quantitative estimate of drug-likeness (QED) is 0.613. The first-order chi connectivity index (χ1) is 13.7. The highest BCUT2D eigenvalue weighted by Crippen LogP contribution is 2.33. The number of amides is 1. The van der Waals surface area contributed by atoms with Crippen LogP contribution < -0.4 is 5.32 Å². The van der Waals surface area contributed by atoms with Crippen molar-refractivity contribution in [2.75, 3.05) is 11.1 Å². The van der Waals surface area contributed by atoms with Crippen LogP contribution in [-0.2, 0) is 11.3 Å². The van der Waals surface area contributed by atoms with E-state index >= 15 is 0 Å². The van der Waals surface area contributed by atoms with Crippen LogP contribution in [0.2, 0.25) is 0 Å². The third-order valence-corrected chi connectivity index (χ3v) is 5.79. The van der Waals surface area contributed by atoms with Gasteiger partial charge in [0.15, 0.2) is 11.0 Å². The van der Waals surface area contributed by atoms with Crippen LogP contribution in [0.1, 0.15) is 30.9 Å². The molecule has 6 heteroatoms. The van der Waals surface area contributed by atoms with Gasteiger partial charge in [-0.05, 0) is 42.2 Å². The molecule has 142 valence electrons. The largest absolute Gasteiger partial charge is 0.325 e. The number of benzene rings is 2. The molecule has 0 aliphatic heterocycles. The molecule has 3 aromatic rings. The monoisotopic (exact) mass is 390 g/mol. The lowest BCUT2D eigenvalue weighted by Gasteiger charge is -2.10. The third-order valence-electron chi connectivity index (χ3n) is 4.82. The van der Waals surface area contributed by atoms with Crippen LogP contribution in [0.25, 0.3) is 17.5 Å². The van der Waals surface area contributed by atoms with Crippen molar-refractivity contribution in [2.24, 2.45) is 0 Å². The van der Waals surface area contributed by atoms with E-state index in [1.54, 1.807) is 0 Å².